The average molecular weight is 301 g/mol. The fraction of sp³-hybridized carbons (Fsp3) is 0. The van der Waals surface area contributed by atoms with Crippen LogP contribution in [0.4, 0.5) is 8.78 Å². The van der Waals surface area contributed by atoms with Crippen LogP contribution in [-0.4, -0.2) is 11.1 Å². The molecule has 0 saturated heterocycles. The molecule has 19 heavy (non-hydrogen) atoms. The van der Waals surface area contributed by atoms with Crippen molar-refractivity contribution in [3.63, 3.8) is 0 Å². The fourth-order valence-electron chi connectivity index (χ4n) is 1.47. The molecule has 0 saturated carbocycles. The molecule has 2 aromatic rings. The zero-order chi connectivity index (χ0) is 14.0. The summed E-state index contributed by atoms with van der Waals surface area (Å²) < 4.78 is 26.3. The van der Waals surface area contributed by atoms with Gasteiger partial charge in [0.1, 0.15) is 11.6 Å². The molecule has 0 aromatic heterocycles. The molecule has 1 N–H and O–H groups in total. The first-order valence-electron chi connectivity index (χ1n) is 5.13. The van der Waals surface area contributed by atoms with Crippen LogP contribution in [0, 0.1) is 11.6 Å². The minimum atomic E-state index is -1.20. The number of carboxylic acid groups (broad SMARTS) is 1. The summed E-state index contributed by atoms with van der Waals surface area (Å²) in [5.74, 6) is -2.64. The molecule has 0 fully saturated rings. The molecule has 0 aliphatic carbocycles. The minimum absolute atomic E-state index is 0.0695. The van der Waals surface area contributed by atoms with Crippen molar-refractivity contribution < 1.29 is 18.7 Å². The van der Waals surface area contributed by atoms with Gasteiger partial charge >= 0.3 is 5.97 Å². The lowest BCUT2D eigenvalue weighted by atomic mass is 10.2. The maximum absolute atomic E-state index is 13.5. The quantitative estimate of drug-likeness (QED) is 0.909. The number of halogens is 3. The van der Waals surface area contributed by atoms with E-state index in [9.17, 15) is 13.6 Å². The average Bonchev–Trinajstić information content (AvgIpc) is 2.32. The van der Waals surface area contributed by atoms with Gasteiger partial charge in [0.05, 0.1) is 10.6 Å². The Balaban J connectivity index is 2.44. The van der Waals surface area contributed by atoms with Crippen LogP contribution in [0.1, 0.15) is 10.4 Å². The van der Waals surface area contributed by atoms with Gasteiger partial charge in [-0.25, -0.2) is 13.6 Å². The van der Waals surface area contributed by atoms with E-state index in [4.69, 9.17) is 16.7 Å². The van der Waals surface area contributed by atoms with Gasteiger partial charge in [-0.15, -0.1) is 0 Å². The van der Waals surface area contributed by atoms with Crippen LogP contribution in [0.25, 0.3) is 0 Å². The SMILES string of the molecule is O=C(O)c1c(Cl)cccc1Sc1ccc(F)cc1F. The van der Waals surface area contributed by atoms with Crippen molar-refractivity contribution in [1.29, 1.82) is 0 Å². The lowest BCUT2D eigenvalue weighted by Crippen LogP contribution is -2.00. The molecule has 0 amide bonds. The number of benzene rings is 2. The highest BCUT2D eigenvalue weighted by atomic mass is 35.5. The van der Waals surface area contributed by atoms with E-state index >= 15 is 0 Å². The summed E-state index contributed by atoms with van der Waals surface area (Å²) in [5.41, 5.74) is -0.0992. The zero-order valence-corrected chi connectivity index (χ0v) is 10.9. The molecule has 2 aromatic carbocycles. The highest BCUT2D eigenvalue weighted by molar-refractivity contribution is 7.99. The van der Waals surface area contributed by atoms with E-state index in [1.807, 2.05) is 0 Å². The van der Waals surface area contributed by atoms with Gasteiger partial charge in [0.15, 0.2) is 0 Å². The lowest BCUT2D eigenvalue weighted by molar-refractivity contribution is 0.0693. The summed E-state index contributed by atoms with van der Waals surface area (Å²) in [6.45, 7) is 0. The summed E-state index contributed by atoms with van der Waals surface area (Å²) in [5, 5.41) is 9.16. The Morgan fingerprint density at radius 2 is 1.89 bits per heavy atom. The standard InChI is InChI=1S/C13H7ClF2O2S/c14-8-2-1-3-11(12(8)13(17)18)19-10-5-4-7(15)6-9(10)16/h1-6H,(H,17,18). The van der Waals surface area contributed by atoms with Crippen LogP contribution in [0.5, 0.6) is 0 Å². The predicted octanol–water partition coefficient (Wildman–Crippen LogP) is 4.47. The van der Waals surface area contributed by atoms with Crippen molar-refractivity contribution in [3.05, 3.63) is 58.6 Å². The Hall–Kier alpha value is -1.59. The molecule has 0 heterocycles. The van der Waals surface area contributed by atoms with Crippen LogP contribution in [0.2, 0.25) is 5.02 Å². The molecule has 0 radical (unpaired) electrons. The molecular weight excluding hydrogens is 294 g/mol. The van der Waals surface area contributed by atoms with Crippen molar-refractivity contribution in [3.8, 4) is 0 Å². The molecule has 98 valence electrons. The number of hydrogen-bond donors (Lipinski definition) is 1. The van der Waals surface area contributed by atoms with Gasteiger partial charge in [-0.3, -0.25) is 0 Å². The maximum atomic E-state index is 13.5. The van der Waals surface area contributed by atoms with Gasteiger partial charge in [0, 0.05) is 15.9 Å². The molecule has 0 unspecified atom stereocenters. The summed E-state index contributed by atoms with van der Waals surface area (Å²) in [7, 11) is 0. The van der Waals surface area contributed by atoms with Crippen molar-refractivity contribution >= 4 is 29.3 Å². The van der Waals surface area contributed by atoms with Gasteiger partial charge < -0.3 is 5.11 Å². The third kappa shape index (κ3) is 3.05. The van der Waals surface area contributed by atoms with Gasteiger partial charge in [-0.05, 0) is 24.3 Å². The number of hydrogen-bond acceptors (Lipinski definition) is 2. The summed E-state index contributed by atoms with van der Waals surface area (Å²) in [6.07, 6.45) is 0. The predicted molar refractivity (Wildman–Crippen MR) is 68.9 cm³/mol. The van der Waals surface area contributed by atoms with E-state index in [1.165, 1.54) is 18.2 Å². The fourth-order valence-corrected chi connectivity index (χ4v) is 2.76. The number of carboxylic acids is 1. The highest BCUT2D eigenvalue weighted by Gasteiger charge is 2.16. The molecule has 0 atom stereocenters. The maximum Gasteiger partial charge on any atom is 0.338 e. The van der Waals surface area contributed by atoms with Crippen molar-refractivity contribution in [2.45, 2.75) is 9.79 Å². The van der Waals surface area contributed by atoms with Crippen LogP contribution in [0.15, 0.2) is 46.2 Å². The monoisotopic (exact) mass is 300 g/mol. The molecule has 6 heteroatoms. The van der Waals surface area contributed by atoms with Crippen LogP contribution >= 0.6 is 23.4 Å². The second-order valence-electron chi connectivity index (χ2n) is 3.59. The molecule has 2 nitrogen and oxygen atoms in total. The first-order valence-corrected chi connectivity index (χ1v) is 6.33. The first-order chi connectivity index (χ1) is 8.99. The summed E-state index contributed by atoms with van der Waals surface area (Å²) >= 11 is 6.69. The molecular formula is C13H7ClF2O2S. The molecule has 0 spiro atoms. The van der Waals surface area contributed by atoms with Crippen molar-refractivity contribution in [1.82, 2.24) is 0 Å². The summed E-state index contributed by atoms with van der Waals surface area (Å²) in [4.78, 5) is 11.5. The number of rotatable bonds is 3. The van der Waals surface area contributed by atoms with Crippen molar-refractivity contribution in [2.24, 2.45) is 0 Å². The first kappa shape index (κ1) is 13.8. The van der Waals surface area contributed by atoms with Crippen molar-refractivity contribution in [2.75, 3.05) is 0 Å². The van der Waals surface area contributed by atoms with Crippen LogP contribution < -0.4 is 0 Å². The van der Waals surface area contributed by atoms with E-state index < -0.39 is 17.6 Å². The van der Waals surface area contributed by atoms with E-state index in [-0.39, 0.29) is 15.5 Å². The van der Waals surface area contributed by atoms with Crippen LogP contribution in [-0.2, 0) is 0 Å². The lowest BCUT2D eigenvalue weighted by Gasteiger charge is -2.08. The third-order valence-corrected chi connectivity index (χ3v) is 3.73. The highest BCUT2D eigenvalue weighted by Crippen LogP contribution is 2.35. The molecule has 0 bridgehead atoms. The zero-order valence-electron chi connectivity index (χ0n) is 9.36. The van der Waals surface area contributed by atoms with Gasteiger partial charge in [0.25, 0.3) is 0 Å². The third-order valence-electron chi connectivity index (χ3n) is 2.30. The van der Waals surface area contributed by atoms with Gasteiger partial charge in [-0.2, -0.15) is 0 Å². The van der Waals surface area contributed by atoms with Gasteiger partial charge in [0.2, 0.25) is 0 Å². The largest absolute Gasteiger partial charge is 0.478 e. The van der Waals surface area contributed by atoms with Crippen LogP contribution in [0.3, 0.4) is 0 Å². The Morgan fingerprint density at radius 3 is 2.53 bits per heavy atom. The van der Waals surface area contributed by atoms with E-state index in [2.05, 4.69) is 0 Å². The Labute approximate surface area is 117 Å². The van der Waals surface area contributed by atoms with Gasteiger partial charge in [-0.1, -0.05) is 29.4 Å². The Bertz CT molecular complexity index is 647. The second-order valence-corrected chi connectivity index (χ2v) is 5.09. The Kier molecular flexibility index (Phi) is 4.07. The molecule has 2 rings (SSSR count). The summed E-state index contributed by atoms with van der Waals surface area (Å²) in [6, 6.07) is 7.63. The van der Waals surface area contributed by atoms with E-state index in [0.717, 1.165) is 23.9 Å². The molecule has 0 aliphatic rings. The van der Waals surface area contributed by atoms with E-state index in [1.54, 1.807) is 6.07 Å². The van der Waals surface area contributed by atoms with E-state index in [0.29, 0.717) is 4.90 Å². The normalized spacial score (nSPS) is 10.5. The Morgan fingerprint density at radius 1 is 1.16 bits per heavy atom. The smallest absolute Gasteiger partial charge is 0.338 e. The molecule has 0 aliphatic heterocycles. The minimum Gasteiger partial charge on any atom is -0.478 e. The second kappa shape index (κ2) is 5.59. The number of carbonyl (C=O) groups is 1. The topological polar surface area (TPSA) is 37.3 Å². The number of aromatic carboxylic acids is 1.